The van der Waals surface area contributed by atoms with Crippen molar-refractivity contribution in [1.82, 2.24) is 0 Å². The molecule has 0 spiro atoms. The number of esters is 1. The molecule has 0 radical (unpaired) electrons. The van der Waals surface area contributed by atoms with Crippen LogP contribution in [-0.4, -0.2) is 22.6 Å². The highest BCUT2D eigenvalue weighted by Crippen LogP contribution is 2.34. The Balaban J connectivity index is 3.15. The summed E-state index contributed by atoms with van der Waals surface area (Å²) in [5.74, 6) is -2.74. The molecule has 1 aromatic carbocycles. The van der Waals surface area contributed by atoms with E-state index < -0.39 is 29.9 Å². The molecule has 0 saturated heterocycles. The zero-order valence-electron chi connectivity index (χ0n) is 11.4. The van der Waals surface area contributed by atoms with E-state index in [0.29, 0.717) is 5.56 Å². The van der Waals surface area contributed by atoms with Gasteiger partial charge in [-0.3, -0.25) is 9.59 Å². The second-order valence-electron chi connectivity index (χ2n) is 5.33. The summed E-state index contributed by atoms with van der Waals surface area (Å²) in [5.41, 5.74) is -0.352. The largest absolute Gasteiger partial charge is 0.481 e. The van der Waals surface area contributed by atoms with Crippen LogP contribution in [-0.2, 0) is 14.3 Å². The first kappa shape index (κ1) is 16.8. The SMILES string of the molecule is CC(C)(C)OC(=O)[C@H](CC(=O)O)c1cccc(Cl)c1Cl. The molecule has 4 nitrogen and oxygen atoms in total. The van der Waals surface area contributed by atoms with E-state index >= 15 is 0 Å². The number of carboxylic acid groups (broad SMARTS) is 1. The quantitative estimate of drug-likeness (QED) is 0.855. The van der Waals surface area contributed by atoms with Crippen LogP contribution in [0.15, 0.2) is 18.2 Å². The fourth-order valence-corrected chi connectivity index (χ4v) is 2.10. The molecule has 0 bridgehead atoms. The molecule has 0 saturated carbocycles. The zero-order chi connectivity index (χ0) is 15.5. The Labute approximate surface area is 127 Å². The van der Waals surface area contributed by atoms with Gasteiger partial charge in [0.25, 0.3) is 0 Å². The molecule has 1 rings (SSSR count). The number of aliphatic carboxylic acids is 1. The predicted molar refractivity (Wildman–Crippen MR) is 77.3 cm³/mol. The Morgan fingerprint density at radius 3 is 2.40 bits per heavy atom. The van der Waals surface area contributed by atoms with Crippen LogP contribution in [0, 0.1) is 0 Å². The van der Waals surface area contributed by atoms with Gasteiger partial charge in [-0.05, 0) is 32.4 Å². The Morgan fingerprint density at radius 1 is 1.30 bits per heavy atom. The minimum Gasteiger partial charge on any atom is -0.481 e. The third-order valence-electron chi connectivity index (χ3n) is 2.43. The second-order valence-corrected chi connectivity index (χ2v) is 6.11. The van der Waals surface area contributed by atoms with E-state index in [1.807, 2.05) is 0 Å². The van der Waals surface area contributed by atoms with Crippen LogP contribution in [0.4, 0.5) is 0 Å². The van der Waals surface area contributed by atoms with Crippen LogP contribution in [0.3, 0.4) is 0 Å². The number of halogens is 2. The van der Waals surface area contributed by atoms with Crippen LogP contribution < -0.4 is 0 Å². The maximum atomic E-state index is 12.2. The Kier molecular flexibility index (Phi) is 5.42. The van der Waals surface area contributed by atoms with Gasteiger partial charge in [0.2, 0.25) is 0 Å². The van der Waals surface area contributed by atoms with E-state index in [9.17, 15) is 9.59 Å². The fourth-order valence-electron chi connectivity index (χ4n) is 1.66. The molecule has 0 heterocycles. The smallest absolute Gasteiger partial charge is 0.314 e. The zero-order valence-corrected chi connectivity index (χ0v) is 13.0. The summed E-state index contributed by atoms with van der Waals surface area (Å²) < 4.78 is 5.25. The molecule has 0 aliphatic carbocycles. The van der Waals surface area contributed by atoms with Crippen molar-refractivity contribution in [3.63, 3.8) is 0 Å². The van der Waals surface area contributed by atoms with Crippen molar-refractivity contribution in [3.05, 3.63) is 33.8 Å². The van der Waals surface area contributed by atoms with Crippen LogP contribution >= 0.6 is 23.2 Å². The minimum absolute atomic E-state index is 0.172. The van der Waals surface area contributed by atoms with Gasteiger partial charge in [0.1, 0.15) is 5.60 Å². The number of hydrogen-bond acceptors (Lipinski definition) is 3. The lowest BCUT2D eigenvalue weighted by Gasteiger charge is -2.24. The molecular weight excluding hydrogens is 303 g/mol. The van der Waals surface area contributed by atoms with Gasteiger partial charge in [-0.2, -0.15) is 0 Å². The first-order chi connectivity index (χ1) is 9.11. The van der Waals surface area contributed by atoms with Crippen molar-refractivity contribution in [1.29, 1.82) is 0 Å². The summed E-state index contributed by atoms with van der Waals surface area (Å²) in [6, 6.07) is 4.76. The Bertz CT molecular complexity index is 520. The summed E-state index contributed by atoms with van der Waals surface area (Å²) in [7, 11) is 0. The number of carbonyl (C=O) groups excluding carboxylic acids is 1. The molecule has 0 fully saturated rings. The van der Waals surface area contributed by atoms with Crippen molar-refractivity contribution in [2.24, 2.45) is 0 Å². The average molecular weight is 319 g/mol. The highest BCUT2D eigenvalue weighted by molar-refractivity contribution is 6.42. The predicted octanol–water partition coefficient (Wildman–Crippen LogP) is 3.89. The fraction of sp³-hybridized carbons (Fsp3) is 0.429. The summed E-state index contributed by atoms with van der Waals surface area (Å²) in [4.78, 5) is 23.1. The number of ether oxygens (including phenoxy) is 1. The summed E-state index contributed by atoms with van der Waals surface area (Å²) in [5, 5.41) is 9.41. The second kappa shape index (κ2) is 6.46. The molecule has 0 unspecified atom stereocenters. The molecule has 20 heavy (non-hydrogen) atoms. The molecule has 1 atom stereocenters. The molecule has 1 N–H and O–H groups in total. The van der Waals surface area contributed by atoms with Crippen LogP contribution in [0.2, 0.25) is 10.0 Å². The standard InChI is InChI=1S/C14H16Cl2O4/c1-14(2,3)20-13(19)9(7-11(17)18)8-5-4-6-10(15)12(8)16/h4-6,9H,7H2,1-3H3,(H,17,18)/t9-/m1/s1. The van der Waals surface area contributed by atoms with Gasteiger partial charge in [0.15, 0.2) is 0 Å². The van der Waals surface area contributed by atoms with Gasteiger partial charge < -0.3 is 9.84 Å². The third kappa shape index (κ3) is 4.69. The monoisotopic (exact) mass is 318 g/mol. The summed E-state index contributed by atoms with van der Waals surface area (Å²) >= 11 is 12.0. The first-order valence-corrected chi connectivity index (χ1v) is 6.76. The van der Waals surface area contributed by atoms with E-state index in [4.69, 9.17) is 33.0 Å². The number of carboxylic acids is 1. The first-order valence-electron chi connectivity index (χ1n) is 6.00. The van der Waals surface area contributed by atoms with Gasteiger partial charge in [-0.15, -0.1) is 0 Å². The lowest BCUT2D eigenvalue weighted by molar-refractivity contribution is -0.159. The lowest BCUT2D eigenvalue weighted by atomic mass is 9.95. The van der Waals surface area contributed by atoms with E-state index in [1.54, 1.807) is 39.0 Å². The maximum Gasteiger partial charge on any atom is 0.314 e. The number of carbonyl (C=O) groups is 2. The van der Waals surface area contributed by atoms with Crippen LogP contribution in [0.1, 0.15) is 38.7 Å². The van der Waals surface area contributed by atoms with E-state index in [0.717, 1.165) is 0 Å². The molecule has 0 aliphatic heterocycles. The lowest BCUT2D eigenvalue weighted by Crippen LogP contribution is -2.29. The Hall–Kier alpha value is -1.26. The van der Waals surface area contributed by atoms with Gasteiger partial charge in [-0.1, -0.05) is 35.3 Å². The molecule has 1 aromatic rings. The van der Waals surface area contributed by atoms with Crippen molar-refractivity contribution < 1.29 is 19.4 Å². The van der Waals surface area contributed by atoms with Crippen LogP contribution in [0.25, 0.3) is 0 Å². The maximum absolute atomic E-state index is 12.2. The van der Waals surface area contributed by atoms with Crippen LogP contribution in [0.5, 0.6) is 0 Å². The molecular formula is C14H16Cl2O4. The van der Waals surface area contributed by atoms with Gasteiger partial charge >= 0.3 is 11.9 Å². The van der Waals surface area contributed by atoms with E-state index in [2.05, 4.69) is 0 Å². The normalized spacial score (nSPS) is 12.8. The van der Waals surface area contributed by atoms with E-state index in [1.165, 1.54) is 0 Å². The number of benzene rings is 1. The van der Waals surface area contributed by atoms with E-state index in [-0.39, 0.29) is 10.0 Å². The minimum atomic E-state index is -1.11. The van der Waals surface area contributed by atoms with Crippen molar-refractivity contribution in [3.8, 4) is 0 Å². The molecule has 6 heteroatoms. The highest BCUT2D eigenvalue weighted by Gasteiger charge is 2.30. The van der Waals surface area contributed by atoms with Gasteiger partial charge in [0.05, 0.1) is 22.4 Å². The van der Waals surface area contributed by atoms with Crippen molar-refractivity contribution >= 4 is 35.1 Å². The topological polar surface area (TPSA) is 63.6 Å². The third-order valence-corrected chi connectivity index (χ3v) is 3.26. The average Bonchev–Trinajstić information content (AvgIpc) is 2.27. The molecule has 0 aromatic heterocycles. The van der Waals surface area contributed by atoms with Crippen molar-refractivity contribution in [2.75, 3.05) is 0 Å². The molecule has 110 valence electrons. The number of rotatable bonds is 4. The van der Waals surface area contributed by atoms with Crippen molar-refractivity contribution in [2.45, 2.75) is 38.7 Å². The molecule has 0 aliphatic rings. The Morgan fingerprint density at radius 2 is 1.90 bits per heavy atom. The van der Waals surface area contributed by atoms with Gasteiger partial charge in [0, 0.05) is 0 Å². The molecule has 0 amide bonds. The summed E-state index contributed by atoms with van der Waals surface area (Å²) in [6.45, 7) is 5.13. The highest BCUT2D eigenvalue weighted by atomic mass is 35.5. The summed E-state index contributed by atoms with van der Waals surface area (Å²) in [6.07, 6.45) is -0.408. The number of hydrogen-bond donors (Lipinski definition) is 1. The van der Waals surface area contributed by atoms with Gasteiger partial charge in [-0.25, -0.2) is 0 Å².